The number of rotatable bonds is 4. The first-order chi connectivity index (χ1) is 7.06. The molecule has 1 aliphatic heterocycles. The van der Waals surface area contributed by atoms with Gasteiger partial charge in [0.15, 0.2) is 0 Å². The molecule has 0 bridgehead atoms. The number of carboxylic acids is 1. The maximum atomic E-state index is 10.1. The van der Waals surface area contributed by atoms with Gasteiger partial charge in [0.05, 0.1) is 0 Å². The number of imide groups is 1. The third-order valence-corrected chi connectivity index (χ3v) is 1.70. The van der Waals surface area contributed by atoms with Crippen LogP contribution in [-0.2, 0) is 14.4 Å². The van der Waals surface area contributed by atoms with Crippen molar-refractivity contribution in [2.24, 2.45) is 5.73 Å². The number of carboxylic acid groups (broad SMARTS) is 1. The van der Waals surface area contributed by atoms with Gasteiger partial charge in [0.1, 0.15) is 0 Å². The van der Waals surface area contributed by atoms with Gasteiger partial charge >= 0.3 is 5.97 Å². The van der Waals surface area contributed by atoms with E-state index in [0.717, 1.165) is 6.42 Å². The Hall–Kier alpha value is -1.43. The summed E-state index contributed by atoms with van der Waals surface area (Å²) >= 11 is 0. The van der Waals surface area contributed by atoms with Crippen molar-refractivity contribution in [2.75, 3.05) is 6.54 Å². The molecule has 6 heteroatoms. The van der Waals surface area contributed by atoms with Crippen LogP contribution in [0.2, 0.25) is 0 Å². The number of aliphatic carboxylic acids is 1. The van der Waals surface area contributed by atoms with Crippen LogP contribution in [0.3, 0.4) is 0 Å². The van der Waals surface area contributed by atoms with Crippen molar-refractivity contribution < 1.29 is 19.5 Å². The summed E-state index contributed by atoms with van der Waals surface area (Å²) in [6.45, 7) is 0.591. The molecule has 0 radical (unpaired) electrons. The van der Waals surface area contributed by atoms with Gasteiger partial charge in [-0.05, 0) is 19.4 Å². The number of nitrogens with two attached hydrogens (primary N) is 1. The zero-order valence-electron chi connectivity index (χ0n) is 8.49. The molecule has 1 aliphatic rings. The molecular formula is C9H16N2O4. The monoisotopic (exact) mass is 216 g/mol. The van der Waals surface area contributed by atoms with Crippen molar-refractivity contribution in [3.63, 3.8) is 0 Å². The van der Waals surface area contributed by atoms with Crippen LogP contribution in [0.4, 0.5) is 0 Å². The van der Waals surface area contributed by atoms with Crippen molar-refractivity contribution in [3.8, 4) is 0 Å². The Kier molecular flexibility index (Phi) is 7.17. The molecular weight excluding hydrogens is 200 g/mol. The Balaban J connectivity index is 0.000000262. The van der Waals surface area contributed by atoms with Gasteiger partial charge in [-0.1, -0.05) is 0 Å². The summed E-state index contributed by atoms with van der Waals surface area (Å²) in [7, 11) is 0. The quantitative estimate of drug-likeness (QED) is 0.438. The van der Waals surface area contributed by atoms with E-state index in [-0.39, 0.29) is 18.2 Å². The van der Waals surface area contributed by atoms with E-state index in [9.17, 15) is 14.4 Å². The van der Waals surface area contributed by atoms with Crippen molar-refractivity contribution >= 4 is 17.8 Å². The second-order valence-electron chi connectivity index (χ2n) is 3.11. The van der Waals surface area contributed by atoms with E-state index in [1.165, 1.54) is 0 Å². The lowest BCUT2D eigenvalue weighted by Gasteiger charge is -1.90. The van der Waals surface area contributed by atoms with Crippen LogP contribution in [0.5, 0.6) is 0 Å². The summed E-state index contributed by atoms with van der Waals surface area (Å²) in [5.74, 6) is -1.03. The molecule has 1 heterocycles. The summed E-state index contributed by atoms with van der Waals surface area (Å²) < 4.78 is 0. The molecule has 0 aromatic carbocycles. The number of hydrogen-bond acceptors (Lipinski definition) is 4. The van der Waals surface area contributed by atoms with E-state index in [4.69, 9.17) is 10.8 Å². The van der Waals surface area contributed by atoms with Crippen LogP contribution in [0, 0.1) is 0 Å². The van der Waals surface area contributed by atoms with Crippen molar-refractivity contribution in [1.29, 1.82) is 0 Å². The molecule has 0 spiro atoms. The normalized spacial score (nSPS) is 14.2. The summed E-state index contributed by atoms with van der Waals surface area (Å²) in [6.07, 6.45) is 2.51. The van der Waals surface area contributed by atoms with E-state index in [2.05, 4.69) is 5.32 Å². The molecule has 6 nitrogen and oxygen atoms in total. The number of amides is 2. The van der Waals surface area contributed by atoms with E-state index in [1.807, 2.05) is 0 Å². The predicted octanol–water partition coefficient (Wildman–Crippen LogP) is -0.377. The molecule has 0 saturated carbocycles. The van der Waals surface area contributed by atoms with Crippen LogP contribution in [-0.4, -0.2) is 29.4 Å². The van der Waals surface area contributed by atoms with Gasteiger partial charge in [-0.25, -0.2) is 0 Å². The Morgan fingerprint density at radius 1 is 1.27 bits per heavy atom. The summed E-state index contributed by atoms with van der Waals surface area (Å²) in [5.41, 5.74) is 5.12. The third kappa shape index (κ3) is 8.89. The van der Waals surface area contributed by atoms with Gasteiger partial charge in [-0.15, -0.1) is 0 Å². The largest absolute Gasteiger partial charge is 0.481 e. The summed E-state index contributed by atoms with van der Waals surface area (Å²) in [5, 5.41) is 10.2. The van der Waals surface area contributed by atoms with Crippen LogP contribution >= 0.6 is 0 Å². The van der Waals surface area contributed by atoms with Crippen molar-refractivity contribution in [2.45, 2.75) is 32.1 Å². The van der Waals surface area contributed by atoms with Crippen molar-refractivity contribution in [1.82, 2.24) is 5.32 Å². The number of hydrogen-bond donors (Lipinski definition) is 3. The first kappa shape index (κ1) is 13.6. The van der Waals surface area contributed by atoms with E-state index in [0.29, 0.717) is 25.8 Å². The van der Waals surface area contributed by atoms with E-state index >= 15 is 0 Å². The van der Waals surface area contributed by atoms with Gasteiger partial charge in [-0.2, -0.15) is 0 Å². The molecule has 15 heavy (non-hydrogen) atoms. The lowest BCUT2D eigenvalue weighted by Crippen LogP contribution is -2.18. The first-order valence-electron chi connectivity index (χ1n) is 4.80. The fraction of sp³-hybridized carbons (Fsp3) is 0.667. The van der Waals surface area contributed by atoms with Gasteiger partial charge in [-0.3, -0.25) is 19.7 Å². The zero-order valence-corrected chi connectivity index (χ0v) is 8.49. The maximum absolute atomic E-state index is 10.1. The highest BCUT2D eigenvalue weighted by Gasteiger charge is 2.15. The molecule has 0 aromatic heterocycles. The molecule has 1 saturated heterocycles. The Labute approximate surface area is 87.8 Å². The molecule has 86 valence electrons. The fourth-order valence-electron chi connectivity index (χ4n) is 0.928. The van der Waals surface area contributed by atoms with Gasteiger partial charge in [0, 0.05) is 19.3 Å². The van der Waals surface area contributed by atoms with Crippen LogP contribution in [0.25, 0.3) is 0 Å². The lowest BCUT2D eigenvalue weighted by atomic mass is 10.2. The second kappa shape index (κ2) is 7.93. The topological polar surface area (TPSA) is 109 Å². The second-order valence-corrected chi connectivity index (χ2v) is 3.11. The maximum Gasteiger partial charge on any atom is 0.303 e. The molecule has 4 N–H and O–H groups in total. The van der Waals surface area contributed by atoms with Gasteiger partial charge in [0.25, 0.3) is 0 Å². The van der Waals surface area contributed by atoms with Crippen LogP contribution in [0.15, 0.2) is 0 Å². The van der Waals surface area contributed by atoms with Gasteiger partial charge < -0.3 is 10.8 Å². The Morgan fingerprint density at radius 3 is 2.07 bits per heavy atom. The van der Waals surface area contributed by atoms with Crippen LogP contribution in [0.1, 0.15) is 32.1 Å². The minimum atomic E-state index is -0.738. The van der Waals surface area contributed by atoms with E-state index in [1.54, 1.807) is 0 Å². The smallest absolute Gasteiger partial charge is 0.303 e. The highest BCUT2D eigenvalue weighted by atomic mass is 16.4. The molecule has 0 unspecified atom stereocenters. The molecule has 0 aromatic rings. The zero-order chi connectivity index (χ0) is 11.7. The molecule has 1 fully saturated rings. The third-order valence-electron chi connectivity index (χ3n) is 1.70. The minimum absolute atomic E-state index is 0.148. The van der Waals surface area contributed by atoms with Gasteiger partial charge in [0.2, 0.25) is 11.8 Å². The predicted molar refractivity (Wildman–Crippen MR) is 52.9 cm³/mol. The highest BCUT2D eigenvalue weighted by molar-refractivity contribution is 6.01. The van der Waals surface area contributed by atoms with Crippen molar-refractivity contribution in [3.05, 3.63) is 0 Å². The molecule has 1 rings (SSSR count). The van der Waals surface area contributed by atoms with Crippen LogP contribution < -0.4 is 11.1 Å². The number of nitrogens with one attached hydrogen (secondary N) is 1. The number of unbranched alkanes of at least 4 members (excludes halogenated alkanes) is 1. The average Bonchev–Trinajstić information content (AvgIpc) is 2.51. The standard InChI is InChI=1S/C5H11NO2.C4H5NO2/c6-4-2-1-3-5(7)8;6-3-1-2-4(7)5-3/h1-4,6H2,(H,7,8);1-2H2,(H,5,6,7). The minimum Gasteiger partial charge on any atom is -0.481 e. The van der Waals surface area contributed by atoms with E-state index < -0.39 is 5.97 Å². The first-order valence-corrected chi connectivity index (χ1v) is 4.80. The Bertz CT molecular complexity index is 226. The fourth-order valence-corrected chi connectivity index (χ4v) is 0.928. The lowest BCUT2D eigenvalue weighted by molar-refractivity contribution is -0.137. The summed E-state index contributed by atoms with van der Waals surface area (Å²) in [6, 6.07) is 0. The summed E-state index contributed by atoms with van der Waals surface area (Å²) in [4.78, 5) is 30.1. The SMILES string of the molecule is NCCCCC(=O)O.O=C1CCC(=O)N1. The average molecular weight is 216 g/mol. The Morgan fingerprint density at radius 2 is 1.80 bits per heavy atom. The number of carbonyl (C=O) groups excluding carboxylic acids is 2. The molecule has 0 aliphatic carbocycles. The highest BCUT2D eigenvalue weighted by Crippen LogP contribution is 1.95. The number of carbonyl (C=O) groups is 3. The molecule has 2 amide bonds. The molecule has 0 atom stereocenters.